The predicted molar refractivity (Wildman–Crippen MR) is 62.8 cm³/mol. The number of aliphatic hydroxyl groups excluding tert-OH is 1. The van der Waals surface area contributed by atoms with Crippen molar-refractivity contribution in [2.24, 2.45) is 0 Å². The van der Waals surface area contributed by atoms with Crippen molar-refractivity contribution in [3.8, 4) is 5.75 Å². The van der Waals surface area contributed by atoms with Gasteiger partial charge in [-0.1, -0.05) is 12.1 Å². The van der Waals surface area contributed by atoms with Crippen LogP contribution in [0.4, 0.5) is 0 Å². The van der Waals surface area contributed by atoms with Gasteiger partial charge in [0.1, 0.15) is 5.75 Å². The minimum Gasteiger partial charge on any atom is -0.482 e. The first-order chi connectivity index (χ1) is 8.81. The Hall–Kier alpha value is -1.95. The van der Waals surface area contributed by atoms with Crippen LogP contribution in [0, 0.1) is 0 Å². The van der Waals surface area contributed by atoms with Gasteiger partial charge in [0.05, 0.1) is 18.5 Å². The zero-order valence-electron chi connectivity index (χ0n) is 10.2. The molecule has 0 fully saturated rings. The number of rotatable bonds is 6. The molecule has 0 aromatic carbocycles. The highest BCUT2D eigenvalue weighted by Gasteiger charge is 2.06. The van der Waals surface area contributed by atoms with E-state index in [1.807, 2.05) is 0 Å². The van der Waals surface area contributed by atoms with E-state index in [-0.39, 0.29) is 13.2 Å². The molecule has 0 amide bonds. The monoisotopic (exact) mass is 249 g/mol. The molecule has 0 atom stereocenters. The third-order valence-corrected chi connectivity index (χ3v) is 2.31. The van der Waals surface area contributed by atoms with Crippen LogP contribution in [0.5, 0.6) is 5.75 Å². The van der Waals surface area contributed by atoms with Crippen molar-refractivity contribution in [2.75, 3.05) is 0 Å². The van der Waals surface area contributed by atoms with E-state index in [2.05, 4.69) is 22.0 Å². The molecule has 0 radical (unpaired) electrons. The Morgan fingerprint density at radius 1 is 1.39 bits per heavy atom. The lowest BCUT2D eigenvalue weighted by molar-refractivity contribution is 0.240. The van der Waals surface area contributed by atoms with E-state index in [0.29, 0.717) is 23.2 Å². The van der Waals surface area contributed by atoms with Crippen LogP contribution in [0.15, 0.2) is 22.9 Å². The molecule has 2 aromatic heterocycles. The van der Waals surface area contributed by atoms with Gasteiger partial charge in [-0.25, -0.2) is 0 Å². The smallest absolute Gasteiger partial charge is 0.264 e. The Labute approximate surface area is 105 Å². The van der Waals surface area contributed by atoms with Gasteiger partial charge >= 0.3 is 0 Å². The van der Waals surface area contributed by atoms with Crippen molar-refractivity contribution < 1.29 is 14.4 Å². The van der Waals surface area contributed by atoms with Gasteiger partial charge in [-0.15, -0.1) is 0 Å². The number of pyridine rings is 1. The van der Waals surface area contributed by atoms with Gasteiger partial charge in [0, 0.05) is 6.42 Å². The predicted octanol–water partition coefficient (Wildman–Crippen LogP) is 1.49. The summed E-state index contributed by atoms with van der Waals surface area (Å²) in [6.07, 6.45) is 3.33. The Morgan fingerprint density at radius 2 is 2.28 bits per heavy atom. The van der Waals surface area contributed by atoms with Gasteiger partial charge < -0.3 is 14.4 Å². The van der Waals surface area contributed by atoms with Gasteiger partial charge in [0.15, 0.2) is 12.4 Å². The molecule has 0 unspecified atom stereocenters. The van der Waals surface area contributed by atoms with E-state index in [1.165, 1.54) is 0 Å². The molecule has 18 heavy (non-hydrogen) atoms. The van der Waals surface area contributed by atoms with Crippen molar-refractivity contribution in [3.05, 3.63) is 35.7 Å². The maximum Gasteiger partial charge on any atom is 0.264 e. The molecule has 1 N–H and O–H groups in total. The van der Waals surface area contributed by atoms with Gasteiger partial charge in [0.25, 0.3) is 5.89 Å². The number of aryl methyl sites for hydroxylation is 1. The molecule has 0 saturated carbocycles. The third-order valence-electron chi connectivity index (χ3n) is 2.31. The molecule has 0 spiro atoms. The zero-order valence-corrected chi connectivity index (χ0v) is 10.2. The summed E-state index contributed by atoms with van der Waals surface area (Å²) in [5.74, 6) is 1.75. The van der Waals surface area contributed by atoms with E-state index >= 15 is 0 Å². The number of aliphatic hydroxyl groups is 1. The second kappa shape index (κ2) is 6.11. The zero-order chi connectivity index (χ0) is 12.8. The molecular formula is C12H15N3O3. The summed E-state index contributed by atoms with van der Waals surface area (Å²) >= 11 is 0. The van der Waals surface area contributed by atoms with Crippen LogP contribution in [-0.2, 0) is 19.6 Å². The van der Waals surface area contributed by atoms with Gasteiger partial charge in [0.2, 0.25) is 0 Å². The fourth-order valence-corrected chi connectivity index (χ4v) is 1.41. The van der Waals surface area contributed by atoms with Crippen LogP contribution in [-0.4, -0.2) is 20.2 Å². The normalized spacial score (nSPS) is 10.6. The number of hydrogen-bond donors (Lipinski definition) is 1. The third kappa shape index (κ3) is 3.27. The summed E-state index contributed by atoms with van der Waals surface area (Å²) in [5.41, 5.74) is 0.602. The van der Waals surface area contributed by atoms with Crippen LogP contribution >= 0.6 is 0 Å². The minimum atomic E-state index is -0.0791. The molecule has 0 aliphatic rings. The first-order valence-corrected chi connectivity index (χ1v) is 5.82. The van der Waals surface area contributed by atoms with E-state index in [1.54, 1.807) is 18.3 Å². The molecule has 6 heteroatoms. The minimum absolute atomic E-state index is 0.0791. The second-order valence-electron chi connectivity index (χ2n) is 3.79. The van der Waals surface area contributed by atoms with E-state index in [9.17, 15) is 0 Å². The van der Waals surface area contributed by atoms with E-state index < -0.39 is 0 Å². The van der Waals surface area contributed by atoms with Crippen molar-refractivity contribution >= 4 is 0 Å². The lowest BCUT2D eigenvalue weighted by Crippen LogP contribution is -1.97. The molecule has 0 aliphatic heterocycles. The van der Waals surface area contributed by atoms with Crippen LogP contribution in [0.2, 0.25) is 0 Å². The number of nitrogens with zero attached hydrogens (tertiary/aromatic N) is 3. The summed E-state index contributed by atoms with van der Waals surface area (Å²) in [5, 5.41) is 12.7. The fraction of sp³-hybridized carbons (Fsp3) is 0.417. The number of hydrogen-bond acceptors (Lipinski definition) is 6. The Balaban J connectivity index is 1.89. The fourth-order valence-electron chi connectivity index (χ4n) is 1.41. The number of ether oxygens (including phenoxy) is 1. The molecule has 0 saturated heterocycles. The molecule has 2 aromatic rings. The molecule has 2 rings (SSSR count). The summed E-state index contributed by atoms with van der Waals surface area (Å²) in [6, 6.07) is 3.44. The molecular weight excluding hydrogens is 234 g/mol. The van der Waals surface area contributed by atoms with E-state index in [4.69, 9.17) is 14.4 Å². The van der Waals surface area contributed by atoms with Gasteiger partial charge in [-0.2, -0.15) is 4.98 Å². The number of aromatic nitrogens is 3. The Kier molecular flexibility index (Phi) is 4.25. The standard InChI is InChI=1S/C12H15N3O3/c1-2-3-11-14-12(18-15-11)8-17-10-5-4-9(7-16)13-6-10/h4-6,16H,2-3,7-8H2,1H3. The highest BCUT2D eigenvalue weighted by molar-refractivity contribution is 5.19. The molecule has 0 aliphatic carbocycles. The Bertz CT molecular complexity index is 482. The van der Waals surface area contributed by atoms with Crippen molar-refractivity contribution in [1.29, 1.82) is 0 Å². The lowest BCUT2D eigenvalue weighted by Gasteiger charge is -2.02. The van der Waals surface area contributed by atoms with Crippen LogP contribution in [0.1, 0.15) is 30.8 Å². The quantitative estimate of drug-likeness (QED) is 0.835. The summed E-state index contributed by atoms with van der Waals surface area (Å²) in [6.45, 7) is 2.20. The highest BCUT2D eigenvalue weighted by atomic mass is 16.5. The molecule has 2 heterocycles. The van der Waals surface area contributed by atoms with Crippen LogP contribution in [0.25, 0.3) is 0 Å². The van der Waals surface area contributed by atoms with Crippen molar-refractivity contribution in [1.82, 2.24) is 15.1 Å². The SMILES string of the molecule is CCCc1noc(COc2ccc(CO)nc2)n1. The average Bonchev–Trinajstić information content (AvgIpc) is 2.85. The lowest BCUT2D eigenvalue weighted by atomic mass is 10.3. The van der Waals surface area contributed by atoms with E-state index in [0.717, 1.165) is 12.8 Å². The topological polar surface area (TPSA) is 81.3 Å². The second-order valence-corrected chi connectivity index (χ2v) is 3.79. The summed E-state index contributed by atoms with van der Waals surface area (Å²) in [7, 11) is 0. The maximum absolute atomic E-state index is 8.85. The molecule has 96 valence electrons. The van der Waals surface area contributed by atoms with Gasteiger partial charge in [-0.3, -0.25) is 4.98 Å². The Morgan fingerprint density at radius 3 is 2.94 bits per heavy atom. The van der Waals surface area contributed by atoms with Crippen molar-refractivity contribution in [3.63, 3.8) is 0 Å². The van der Waals surface area contributed by atoms with Gasteiger partial charge in [-0.05, 0) is 18.6 Å². The first-order valence-electron chi connectivity index (χ1n) is 5.82. The molecule has 0 bridgehead atoms. The van der Waals surface area contributed by atoms with Crippen LogP contribution in [0.3, 0.4) is 0 Å². The first kappa shape index (κ1) is 12.5. The average molecular weight is 249 g/mol. The summed E-state index contributed by atoms with van der Waals surface area (Å²) < 4.78 is 10.5. The van der Waals surface area contributed by atoms with Crippen molar-refractivity contribution in [2.45, 2.75) is 33.0 Å². The largest absolute Gasteiger partial charge is 0.482 e. The maximum atomic E-state index is 8.85. The highest BCUT2D eigenvalue weighted by Crippen LogP contribution is 2.11. The summed E-state index contributed by atoms with van der Waals surface area (Å²) in [4.78, 5) is 8.19. The van der Waals surface area contributed by atoms with Crippen LogP contribution < -0.4 is 4.74 Å². The molecule has 6 nitrogen and oxygen atoms in total.